The largest absolute Gasteiger partial charge is 0.366 e. The minimum atomic E-state index is -0.438. The number of aryl methyl sites for hydroxylation is 1. The van der Waals surface area contributed by atoms with E-state index in [1.54, 1.807) is 12.2 Å². The second-order valence-corrected chi connectivity index (χ2v) is 4.44. The molecule has 2 rings (SSSR count). The second kappa shape index (κ2) is 4.67. The molecule has 1 heterocycles. The number of rotatable bonds is 2. The monoisotopic (exact) mass is 246 g/mol. The van der Waals surface area contributed by atoms with Gasteiger partial charge in [-0.1, -0.05) is 12.1 Å². The van der Waals surface area contributed by atoms with Gasteiger partial charge in [0.1, 0.15) is 5.37 Å². The maximum absolute atomic E-state index is 11.3. The first-order chi connectivity index (χ1) is 8.09. The Morgan fingerprint density at radius 3 is 2.88 bits per heavy atom. The Bertz CT molecular complexity index is 508. The average molecular weight is 246 g/mol. The van der Waals surface area contributed by atoms with Crippen molar-refractivity contribution in [1.82, 2.24) is 0 Å². The molecule has 1 aromatic rings. The number of nitrogens with two attached hydrogens (primary N) is 1. The number of amides is 1. The van der Waals surface area contributed by atoms with Crippen LogP contribution in [0.1, 0.15) is 5.56 Å². The molecule has 17 heavy (non-hydrogen) atoms. The summed E-state index contributed by atoms with van der Waals surface area (Å²) in [4.78, 5) is 13.2. The standard InChI is InChI=1S/C13H14N2OS/c1-9-4-2-5-10(8-9)15-7-3-6-11(12(14)16)13(15)17/h2-8,13,17H,1H3,(H2,14,16). The van der Waals surface area contributed by atoms with Crippen molar-refractivity contribution in [3.63, 3.8) is 0 Å². The number of benzene rings is 1. The third kappa shape index (κ3) is 2.36. The van der Waals surface area contributed by atoms with E-state index in [0.29, 0.717) is 5.57 Å². The lowest BCUT2D eigenvalue weighted by atomic mass is 10.1. The first-order valence-corrected chi connectivity index (χ1v) is 5.82. The number of thiol groups is 1. The molecule has 1 amide bonds. The van der Waals surface area contributed by atoms with Crippen molar-refractivity contribution < 1.29 is 4.79 Å². The van der Waals surface area contributed by atoms with E-state index < -0.39 is 5.91 Å². The van der Waals surface area contributed by atoms with Crippen molar-refractivity contribution in [2.75, 3.05) is 4.90 Å². The van der Waals surface area contributed by atoms with Gasteiger partial charge in [0.05, 0.1) is 0 Å². The van der Waals surface area contributed by atoms with Crippen LogP contribution in [-0.2, 0) is 4.79 Å². The number of carbonyl (C=O) groups is 1. The van der Waals surface area contributed by atoms with Gasteiger partial charge in [0.2, 0.25) is 5.91 Å². The second-order valence-electron chi connectivity index (χ2n) is 3.95. The number of carbonyl (C=O) groups excluding carboxylic acids is 1. The summed E-state index contributed by atoms with van der Waals surface area (Å²) in [6.07, 6.45) is 5.39. The molecule has 88 valence electrons. The number of hydrogen-bond donors (Lipinski definition) is 2. The Morgan fingerprint density at radius 1 is 1.47 bits per heavy atom. The van der Waals surface area contributed by atoms with Crippen LogP contribution in [0.15, 0.2) is 48.2 Å². The van der Waals surface area contributed by atoms with Gasteiger partial charge < -0.3 is 10.6 Å². The number of primary amides is 1. The molecule has 4 heteroatoms. The van der Waals surface area contributed by atoms with Crippen LogP contribution < -0.4 is 10.6 Å². The SMILES string of the molecule is Cc1cccc(N2C=CC=C(C(N)=O)C2S)c1. The molecule has 0 aliphatic carbocycles. The maximum Gasteiger partial charge on any atom is 0.247 e. The highest BCUT2D eigenvalue weighted by Gasteiger charge is 2.23. The molecule has 2 N–H and O–H groups in total. The highest BCUT2D eigenvalue weighted by atomic mass is 32.1. The third-order valence-electron chi connectivity index (χ3n) is 2.65. The van der Waals surface area contributed by atoms with E-state index in [-0.39, 0.29) is 5.37 Å². The molecule has 1 aliphatic heterocycles. The van der Waals surface area contributed by atoms with Gasteiger partial charge in [-0.3, -0.25) is 4.79 Å². The maximum atomic E-state index is 11.3. The van der Waals surface area contributed by atoms with Gasteiger partial charge in [0.15, 0.2) is 0 Å². The molecular weight excluding hydrogens is 232 g/mol. The molecule has 0 saturated heterocycles. The summed E-state index contributed by atoms with van der Waals surface area (Å²) in [6.45, 7) is 2.02. The van der Waals surface area contributed by atoms with E-state index >= 15 is 0 Å². The summed E-state index contributed by atoms with van der Waals surface area (Å²) >= 11 is 4.44. The van der Waals surface area contributed by atoms with Crippen LogP contribution in [0.25, 0.3) is 0 Å². The summed E-state index contributed by atoms with van der Waals surface area (Å²) in [5, 5.41) is -0.334. The quantitative estimate of drug-likeness (QED) is 0.784. The van der Waals surface area contributed by atoms with Crippen LogP contribution in [-0.4, -0.2) is 11.3 Å². The van der Waals surface area contributed by atoms with Crippen molar-refractivity contribution in [2.45, 2.75) is 12.3 Å². The molecule has 0 saturated carbocycles. The fourth-order valence-corrected chi connectivity index (χ4v) is 2.21. The Labute approximate surface area is 106 Å². The minimum Gasteiger partial charge on any atom is -0.366 e. The zero-order chi connectivity index (χ0) is 12.4. The molecule has 1 atom stereocenters. The smallest absolute Gasteiger partial charge is 0.247 e. The molecule has 1 unspecified atom stereocenters. The summed E-state index contributed by atoms with van der Waals surface area (Å²) in [5.41, 5.74) is 7.96. The Morgan fingerprint density at radius 2 is 2.24 bits per heavy atom. The van der Waals surface area contributed by atoms with Crippen LogP contribution in [0.3, 0.4) is 0 Å². The molecule has 0 fully saturated rings. The molecule has 0 radical (unpaired) electrons. The van der Waals surface area contributed by atoms with Crippen LogP contribution in [0.4, 0.5) is 5.69 Å². The van der Waals surface area contributed by atoms with E-state index in [9.17, 15) is 4.79 Å². The van der Waals surface area contributed by atoms with Gasteiger partial charge in [0, 0.05) is 17.5 Å². The van der Waals surface area contributed by atoms with Gasteiger partial charge in [-0.15, -0.1) is 12.6 Å². The number of hydrogen-bond acceptors (Lipinski definition) is 3. The van der Waals surface area contributed by atoms with Gasteiger partial charge in [0.25, 0.3) is 0 Å². The molecule has 1 aromatic carbocycles. The highest BCUT2D eigenvalue weighted by Crippen LogP contribution is 2.27. The fraction of sp³-hybridized carbons (Fsp3) is 0.154. The average Bonchev–Trinajstić information content (AvgIpc) is 2.29. The van der Waals surface area contributed by atoms with E-state index in [1.807, 2.05) is 42.3 Å². The van der Waals surface area contributed by atoms with Crippen molar-refractivity contribution in [1.29, 1.82) is 0 Å². The van der Waals surface area contributed by atoms with Gasteiger partial charge >= 0.3 is 0 Å². The molecule has 3 nitrogen and oxygen atoms in total. The first-order valence-electron chi connectivity index (χ1n) is 5.31. The Hall–Kier alpha value is -1.68. The fourth-order valence-electron chi connectivity index (χ4n) is 1.78. The van der Waals surface area contributed by atoms with Gasteiger partial charge in [-0.2, -0.15) is 0 Å². The van der Waals surface area contributed by atoms with Crippen molar-refractivity contribution in [2.24, 2.45) is 5.73 Å². The van der Waals surface area contributed by atoms with E-state index in [1.165, 1.54) is 0 Å². The van der Waals surface area contributed by atoms with E-state index in [0.717, 1.165) is 11.3 Å². The zero-order valence-corrected chi connectivity index (χ0v) is 10.4. The molecule has 0 spiro atoms. The predicted octanol–water partition coefficient (Wildman–Crippen LogP) is 2.00. The summed E-state index contributed by atoms with van der Waals surface area (Å²) in [5.74, 6) is -0.438. The number of anilines is 1. The normalized spacial score (nSPS) is 19.1. The van der Waals surface area contributed by atoms with Crippen LogP contribution in [0, 0.1) is 6.92 Å². The van der Waals surface area contributed by atoms with E-state index in [4.69, 9.17) is 5.73 Å². The zero-order valence-electron chi connectivity index (χ0n) is 9.50. The van der Waals surface area contributed by atoms with Crippen LogP contribution >= 0.6 is 12.6 Å². The Kier molecular flexibility index (Phi) is 3.24. The molecule has 0 bridgehead atoms. The lowest BCUT2D eigenvalue weighted by Crippen LogP contribution is -2.35. The summed E-state index contributed by atoms with van der Waals surface area (Å²) < 4.78 is 0. The molecule has 1 aliphatic rings. The van der Waals surface area contributed by atoms with Crippen LogP contribution in [0.2, 0.25) is 0 Å². The highest BCUT2D eigenvalue weighted by molar-refractivity contribution is 7.81. The lowest BCUT2D eigenvalue weighted by molar-refractivity contribution is -0.114. The third-order valence-corrected chi connectivity index (χ3v) is 3.18. The lowest BCUT2D eigenvalue weighted by Gasteiger charge is -2.30. The molecule has 0 aromatic heterocycles. The summed E-state index contributed by atoms with van der Waals surface area (Å²) in [7, 11) is 0. The number of nitrogens with zero attached hydrogens (tertiary/aromatic N) is 1. The minimum absolute atomic E-state index is 0.334. The number of allylic oxidation sites excluding steroid dienone is 2. The molecular formula is C13H14N2OS. The first kappa shape index (κ1) is 11.8. The van der Waals surface area contributed by atoms with Crippen LogP contribution in [0.5, 0.6) is 0 Å². The summed E-state index contributed by atoms with van der Waals surface area (Å²) in [6, 6.07) is 8.01. The van der Waals surface area contributed by atoms with Crippen molar-refractivity contribution in [3.05, 3.63) is 53.8 Å². The van der Waals surface area contributed by atoms with Crippen molar-refractivity contribution >= 4 is 24.2 Å². The topological polar surface area (TPSA) is 46.3 Å². The Balaban J connectivity index is 2.33. The predicted molar refractivity (Wildman–Crippen MR) is 72.8 cm³/mol. The van der Waals surface area contributed by atoms with Gasteiger partial charge in [-0.25, -0.2) is 0 Å². The van der Waals surface area contributed by atoms with Crippen molar-refractivity contribution in [3.8, 4) is 0 Å². The van der Waals surface area contributed by atoms with Gasteiger partial charge in [-0.05, 0) is 36.8 Å². The van der Waals surface area contributed by atoms with E-state index in [2.05, 4.69) is 12.6 Å².